The highest BCUT2D eigenvalue weighted by Gasteiger charge is 2.11. The average Bonchev–Trinajstić information content (AvgIpc) is 2.60. The molecule has 0 fully saturated rings. The van der Waals surface area contributed by atoms with E-state index in [2.05, 4.69) is 39.8 Å². The van der Waals surface area contributed by atoms with Gasteiger partial charge in [0.25, 0.3) is 0 Å². The quantitative estimate of drug-likeness (QED) is 0.348. The molecule has 0 saturated heterocycles. The smallest absolute Gasteiger partial charge is 0.336 e. The second-order valence-electron chi connectivity index (χ2n) is 7.15. The predicted molar refractivity (Wildman–Crippen MR) is 114 cm³/mol. The van der Waals surface area contributed by atoms with Gasteiger partial charge < -0.3 is 9.15 Å². The molecule has 2 aromatic rings. The molecule has 0 aliphatic carbocycles. The number of allylic oxidation sites excluding steroid dienone is 3. The molecule has 0 aliphatic rings. The molecule has 3 nitrogen and oxygen atoms in total. The lowest BCUT2D eigenvalue weighted by Gasteiger charge is -2.10. The first-order valence-electron chi connectivity index (χ1n) is 9.58. The van der Waals surface area contributed by atoms with Crippen LogP contribution in [-0.2, 0) is 6.42 Å². The van der Waals surface area contributed by atoms with Crippen molar-refractivity contribution < 1.29 is 9.15 Å². The predicted octanol–water partition coefficient (Wildman–Crippen LogP) is 6.86. The van der Waals surface area contributed by atoms with Crippen LogP contribution in [0.2, 0.25) is 5.02 Å². The molecule has 1 aromatic carbocycles. The normalized spacial score (nSPS) is 11.7. The molecular weight excluding hydrogens is 360 g/mol. The fraction of sp³-hybridized carbons (Fsp3) is 0.435. The van der Waals surface area contributed by atoms with Crippen molar-refractivity contribution in [3.63, 3.8) is 0 Å². The maximum Gasteiger partial charge on any atom is 0.336 e. The minimum atomic E-state index is -0.336. The van der Waals surface area contributed by atoms with Crippen LogP contribution >= 0.6 is 11.6 Å². The monoisotopic (exact) mass is 388 g/mol. The molecule has 0 N–H and O–H groups in total. The SMILES string of the molecule is CCCCc1cc(=O)oc2cc(OC/C=C(\C)CCC=C(C)C)c(Cl)cc12. The van der Waals surface area contributed by atoms with Crippen LogP contribution in [0.25, 0.3) is 11.0 Å². The van der Waals surface area contributed by atoms with Gasteiger partial charge in [0.1, 0.15) is 17.9 Å². The molecule has 0 unspecified atom stereocenters. The number of halogens is 1. The summed E-state index contributed by atoms with van der Waals surface area (Å²) in [6.07, 6.45) is 9.26. The Morgan fingerprint density at radius 3 is 2.67 bits per heavy atom. The van der Waals surface area contributed by atoms with E-state index < -0.39 is 0 Å². The van der Waals surface area contributed by atoms with Gasteiger partial charge in [-0.3, -0.25) is 0 Å². The Balaban J connectivity index is 2.14. The number of fused-ring (bicyclic) bond motifs is 1. The Bertz CT molecular complexity index is 886. The molecule has 0 amide bonds. The largest absolute Gasteiger partial charge is 0.488 e. The van der Waals surface area contributed by atoms with Gasteiger partial charge in [-0.1, -0.05) is 42.2 Å². The zero-order valence-corrected chi connectivity index (χ0v) is 17.5. The molecule has 0 spiro atoms. The summed E-state index contributed by atoms with van der Waals surface area (Å²) in [5.41, 5.74) is 3.78. The second-order valence-corrected chi connectivity index (χ2v) is 7.56. The van der Waals surface area contributed by atoms with Crippen molar-refractivity contribution in [2.45, 2.75) is 59.8 Å². The van der Waals surface area contributed by atoms with Gasteiger partial charge in [-0.2, -0.15) is 0 Å². The van der Waals surface area contributed by atoms with Gasteiger partial charge >= 0.3 is 5.63 Å². The number of unbranched alkanes of at least 4 members (excludes halogenated alkanes) is 1. The van der Waals surface area contributed by atoms with Crippen molar-refractivity contribution in [3.8, 4) is 5.75 Å². The van der Waals surface area contributed by atoms with Gasteiger partial charge in [0.2, 0.25) is 0 Å². The van der Waals surface area contributed by atoms with Crippen LogP contribution in [0, 0.1) is 0 Å². The Morgan fingerprint density at radius 1 is 1.19 bits per heavy atom. The van der Waals surface area contributed by atoms with E-state index in [4.69, 9.17) is 20.8 Å². The Morgan fingerprint density at radius 2 is 1.96 bits per heavy atom. The Hall–Kier alpha value is -2.00. The summed E-state index contributed by atoms with van der Waals surface area (Å²) in [6.45, 7) is 8.88. The summed E-state index contributed by atoms with van der Waals surface area (Å²) >= 11 is 6.41. The lowest BCUT2D eigenvalue weighted by molar-refractivity contribution is 0.361. The standard InChI is InChI=1S/C23H29ClO3/c1-5-6-10-18-13-23(25)27-21-15-22(20(24)14-19(18)21)26-12-11-17(4)9-7-8-16(2)3/h8,11,13-15H,5-7,9-10,12H2,1-4H3/b17-11+. The van der Waals surface area contributed by atoms with Gasteiger partial charge in [-0.15, -0.1) is 0 Å². The third-order valence-electron chi connectivity index (χ3n) is 4.44. The number of benzene rings is 1. The fourth-order valence-electron chi connectivity index (χ4n) is 2.88. The summed E-state index contributed by atoms with van der Waals surface area (Å²) in [7, 11) is 0. The van der Waals surface area contributed by atoms with Gasteiger partial charge in [-0.05, 0) is 64.2 Å². The lowest BCUT2D eigenvalue weighted by Crippen LogP contribution is -2.02. The van der Waals surface area contributed by atoms with E-state index in [0.717, 1.165) is 43.1 Å². The molecule has 0 bridgehead atoms. The first-order chi connectivity index (χ1) is 12.9. The fourth-order valence-corrected chi connectivity index (χ4v) is 3.10. The molecule has 1 heterocycles. The van der Waals surface area contributed by atoms with Gasteiger partial charge in [0.05, 0.1) is 5.02 Å². The maximum atomic E-state index is 11.9. The van der Waals surface area contributed by atoms with Crippen molar-refractivity contribution >= 4 is 22.6 Å². The van der Waals surface area contributed by atoms with Crippen molar-refractivity contribution in [2.24, 2.45) is 0 Å². The Labute approximate surface area is 166 Å². The topological polar surface area (TPSA) is 39.4 Å². The van der Waals surface area contributed by atoms with Crippen LogP contribution in [0.3, 0.4) is 0 Å². The number of hydrogen-bond donors (Lipinski definition) is 0. The van der Waals surface area contributed by atoms with Crippen molar-refractivity contribution in [2.75, 3.05) is 6.61 Å². The van der Waals surface area contributed by atoms with Crippen molar-refractivity contribution in [3.05, 3.63) is 62.5 Å². The van der Waals surface area contributed by atoms with Gasteiger partial charge in [0.15, 0.2) is 0 Å². The van der Waals surface area contributed by atoms with E-state index in [0.29, 0.717) is 23.0 Å². The highest BCUT2D eigenvalue weighted by atomic mass is 35.5. The maximum absolute atomic E-state index is 11.9. The number of ether oxygens (including phenoxy) is 1. The van der Waals surface area contributed by atoms with Gasteiger partial charge in [-0.25, -0.2) is 4.79 Å². The molecule has 2 rings (SSSR count). The van der Waals surface area contributed by atoms with E-state index in [-0.39, 0.29) is 5.63 Å². The zero-order valence-electron chi connectivity index (χ0n) is 16.7. The summed E-state index contributed by atoms with van der Waals surface area (Å²) in [6, 6.07) is 5.12. The van der Waals surface area contributed by atoms with Crippen LogP contribution < -0.4 is 10.4 Å². The highest BCUT2D eigenvalue weighted by molar-refractivity contribution is 6.32. The molecule has 0 atom stereocenters. The van der Waals surface area contributed by atoms with E-state index in [9.17, 15) is 4.79 Å². The van der Waals surface area contributed by atoms with Crippen LogP contribution in [0.1, 0.15) is 58.9 Å². The molecule has 1 aromatic heterocycles. The first-order valence-corrected chi connectivity index (χ1v) is 9.96. The average molecular weight is 389 g/mol. The van der Waals surface area contributed by atoms with Crippen LogP contribution in [0.15, 0.2) is 50.7 Å². The molecule has 0 aliphatic heterocycles. The summed E-state index contributed by atoms with van der Waals surface area (Å²) < 4.78 is 11.2. The van der Waals surface area contributed by atoms with Crippen LogP contribution in [-0.4, -0.2) is 6.61 Å². The third kappa shape index (κ3) is 6.59. The minimum Gasteiger partial charge on any atom is -0.488 e. The van der Waals surface area contributed by atoms with Crippen molar-refractivity contribution in [1.29, 1.82) is 0 Å². The lowest BCUT2D eigenvalue weighted by atomic mass is 10.0. The van der Waals surface area contributed by atoms with E-state index in [1.165, 1.54) is 11.1 Å². The van der Waals surface area contributed by atoms with E-state index in [1.54, 1.807) is 12.1 Å². The number of aryl methyl sites for hydroxylation is 1. The summed E-state index contributed by atoms with van der Waals surface area (Å²) in [5, 5.41) is 1.42. The first kappa shape index (κ1) is 21.3. The summed E-state index contributed by atoms with van der Waals surface area (Å²) in [4.78, 5) is 11.9. The number of rotatable bonds is 9. The number of hydrogen-bond acceptors (Lipinski definition) is 3. The van der Waals surface area contributed by atoms with Gasteiger partial charge in [0, 0.05) is 17.5 Å². The molecule has 146 valence electrons. The summed E-state index contributed by atoms with van der Waals surface area (Å²) in [5.74, 6) is 0.535. The highest BCUT2D eigenvalue weighted by Crippen LogP contribution is 2.31. The van der Waals surface area contributed by atoms with E-state index in [1.807, 2.05) is 6.07 Å². The molecule has 4 heteroatoms. The van der Waals surface area contributed by atoms with E-state index >= 15 is 0 Å². The molecule has 0 radical (unpaired) electrons. The molecular formula is C23H29ClO3. The minimum absolute atomic E-state index is 0.336. The molecule has 0 saturated carbocycles. The zero-order chi connectivity index (χ0) is 19.8. The second kappa shape index (κ2) is 10.4. The molecule has 27 heavy (non-hydrogen) atoms. The Kier molecular flexibility index (Phi) is 8.18. The van der Waals surface area contributed by atoms with Crippen molar-refractivity contribution in [1.82, 2.24) is 0 Å². The van der Waals surface area contributed by atoms with Crippen LogP contribution in [0.4, 0.5) is 0 Å². The third-order valence-corrected chi connectivity index (χ3v) is 4.74. The van der Waals surface area contributed by atoms with Crippen LogP contribution in [0.5, 0.6) is 5.75 Å².